The standard InChI is InChI=1S/C15H18F2N2O2/c1-9(15(18)21)19-6-4-10(5-7-19)14(20)12-8-11(16)2-3-13(12)17/h2-3,8-10H,4-7H2,1H3,(H2,18,21). The zero-order valence-corrected chi connectivity index (χ0v) is 11.8. The maximum Gasteiger partial charge on any atom is 0.234 e. The fraction of sp³-hybridized carbons (Fsp3) is 0.467. The van der Waals surface area contributed by atoms with Crippen molar-refractivity contribution in [2.75, 3.05) is 13.1 Å². The monoisotopic (exact) mass is 296 g/mol. The van der Waals surface area contributed by atoms with Crippen molar-refractivity contribution >= 4 is 11.7 Å². The van der Waals surface area contributed by atoms with Gasteiger partial charge in [-0.1, -0.05) is 0 Å². The quantitative estimate of drug-likeness (QED) is 0.861. The molecule has 1 aliphatic rings. The highest BCUT2D eigenvalue weighted by molar-refractivity contribution is 5.98. The van der Waals surface area contributed by atoms with E-state index >= 15 is 0 Å². The summed E-state index contributed by atoms with van der Waals surface area (Å²) in [6.45, 7) is 2.80. The fourth-order valence-electron chi connectivity index (χ4n) is 2.64. The number of benzene rings is 1. The number of Topliss-reactive ketones (excluding diaryl/α,β-unsaturated/α-hetero) is 1. The van der Waals surface area contributed by atoms with Gasteiger partial charge < -0.3 is 5.73 Å². The minimum absolute atomic E-state index is 0.198. The Morgan fingerprint density at radius 3 is 2.48 bits per heavy atom. The number of amides is 1. The Balaban J connectivity index is 2.03. The van der Waals surface area contributed by atoms with Crippen molar-refractivity contribution < 1.29 is 18.4 Å². The Bertz CT molecular complexity index is 555. The van der Waals surface area contributed by atoms with Crippen molar-refractivity contribution in [2.45, 2.75) is 25.8 Å². The van der Waals surface area contributed by atoms with E-state index in [1.54, 1.807) is 6.92 Å². The lowest BCUT2D eigenvalue weighted by Crippen LogP contribution is -2.47. The van der Waals surface area contributed by atoms with Crippen LogP contribution in [-0.2, 0) is 4.79 Å². The number of halogens is 2. The van der Waals surface area contributed by atoms with Gasteiger partial charge in [0.1, 0.15) is 11.6 Å². The number of hydrogen-bond donors (Lipinski definition) is 1. The Labute approximate surface area is 121 Å². The average molecular weight is 296 g/mol. The van der Waals surface area contributed by atoms with Crippen molar-refractivity contribution in [3.8, 4) is 0 Å². The summed E-state index contributed by atoms with van der Waals surface area (Å²) in [5, 5.41) is 0. The van der Waals surface area contributed by atoms with Gasteiger partial charge in [-0.15, -0.1) is 0 Å². The van der Waals surface area contributed by atoms with Gasteiger partial charge in [0.05, 0.1) is 11.6 Å². The van der Waals surface area contributed by atoms with Gasteiger partial charge in [0, 0.05) is 5.92 Å². The van der Waals surface area contributed by atoms with Gasteiger partial charge in [-0.2, -0.15) is 0 Å². The molecular weight excluding hydrogens is 278 g/mol. The summed E-state index contributed by atoms with van der Waals surface area (Å²) < 4.78 is 26.8. The van der Waals surface area contributed by atoms with Crippen LogP contribution in [0.5, 0.6) is 0 Å². The zero-order valence-electron chi connectivity index (χ0n) is 11.8. The minimum atomic E-state index is -0.700. The molecule has 0 saturated carbocycles. The molecule has 6 heteroatoms. The number of hydrogen-bond acceptors (Lipinski definition) is 3. The molecule has 0 aliphatic carbocycles. The van der Waals surface area contributed by atoms with Crippen LogP contribution in [0.4, 0.5) is 8.78 Å². The number of carbonyl (C=O) groups excluding carboxylic acids is 2. The number of carbonyl (C=O) groups is 2. The molecule has 1 aromatic rings. The second-order valence-corrected chi connectivity index (χ2v) is 5.38. The molecule has 1 fully saturated rings. The van der Waals surface area contributed by atoms with Crippen molar-refractivity contribution in [3.63, 3.8) is 0 Å². The summed E-state index contributed by atoms with van der Waals surface area (Å²) >= 11 is 0. The maximum absolute atomic E-state index is 13.6. The van der Waals surface area contributed by atoms with Crippen LogP contribution in [0.1, 0.15) is 30.1 Å². The van der Waals surface area contributed by atoms with Crippen LogP contribution in [0, 0.1) is 17.6 Å². The van der Waals surface area contributed by atoms with Gasteiger partial charge in [-0.05, 0) is 51.1 Å². The summed E-state index contributed by atoms with van der Waals surface area (Å²) in [6.07, 6.45) is 1.01. The predicted molar refractivity (Wildman–Crippen MR) is 73.6 cm³/mol. The first-order valence-corrected chi connectivity index (χ1v) is 6.92. The Hall–Kier alpha value is -1.82. The molecule has 0 spiro atoms. The van der Waals surface area contributed by atoms with Gasteiger partial charge in [0.25, 0.3) is 0 Å². The topological polar surface area (TPSA) is 63.4 Å². The van der Waals surface area contributed by atoms with E-state index in [1.807, 2.05) is 4.90 Å². The van der Waals surface area contributed by atoms with E-state index in [9.17, 15) is 18.4 Å². The lowest BCUT2D eigenvalue weighted by atomic mass is 9.88. The summed E-state index contributed by atoms with van der Waals surface area (Å²) in [5.74, 6) is -2.46. The predicted octanol–water partition coefficient (Wildman–Crippen LogP) is 1.73. The summed E-state index contributed by atoms with van der Waals surface area (Å²) in [6, 6.07) is 2.51. The Morgan fingerprint density at radius 1 is 1.29 bits per heavy atom. The molecule has 1 aliphatic heterocycles. The first-order chi connectivity index (χ1) is 9.90. The highest BCUT2D eigenvalue weighted by Crippen LogP contribution is 2.24. The third kappa shape index (κ3) is 3.44. The molecule has 1 aromatic carbocycles. The normalized spacial score (nSPS) is 18.4. The molecule has 4 nitrogen and oxygen atoms in total. The molecule has 0 bridgehead atoms. The Kier molecular flexibility index (Phi) is 4.67. The van der Waals surface area contributed by atoms with Crippen LogP contribution in [0.2, 0.25) is 0 Å². The first kappa shape index (κ1) is 15.6. The Morgan fingerprint density at radius 2 is 1.90 bits per heavy atom. The minimum Gasteiger partial charge on any atom is -0.368 e. The van der Waals surface area contributed by atoms with E-state index in [1.165, 1.54) is 0 Å². The first-order valence-electron chi connectivity index (χ1n) is 6.92. The molecule has 114 valence electrons. The number of rotatable bonds is 4. The van der Waals surface area contributed by atoms with Gasteiger partial charge in [0.15, 0.2) is 5.78 Å². The molecule has 1 saturated heterocycles. The van der Waals surface area contributed by atoms with E-state index in [0.717, 1.165) is 18.2 Å². The van der Waals surface area contributed by atoms with Gasteiger partial charge in [-0.3, -0.25) is 14.5 Å². The molecule has 1 atom stereocenters. The van der Waals surface area contributed by atoms with Crippen molar-refractivity contribution in [1.82, 2.24) is 4.90 Å². The summed E-state index contributed by atoms with van der Waals surface area (Å²) in [7, 11) is 0. The molecule has 0 aromatic heterocycles. The van der Waals surface area contributed by atoms with Crippen LogP contribution < -0.4 is 5.73 Å². The summed E-state index contributed by atoms with van der Waals surface area (Å²) in [4.78, 5) is 25.3. The zero-order chi connectivity index (χ0) is 15.6. The number of piperidine rings is 1. The largest absolute Gasteiger partial charge is 0.368 e. The molecule has 21 heavy (non-hydrogen) atoms. The van der Waals surface area contributed by atoms with Gasteiger partial charge >= 0.3 is 0 Å². The number of ketones is 1. The van der Waals surface area contributed by atoms with Crippen molar-refractivity contribution in [2.24, 2.45) is 11.7 Å². The van der Waals surface area contributed by atoms with Crippen LogP contribution in [0.3, 0.4) is 0 Å². The highest BCUT2D eigenvalue weighted by atomic mass is 19.1. The third-order valence-electron chi connectivity index (χ3n) is 4.05. The van der Waals surface area contributed by atoms with Crippen LogP contribution in [0.15, 0.2) is 18.2 Å². The number of primary amides is 1. The fourth-order valence-corrected chi connectivity index (χ4v) is 2.64. The number of nitrogens with zero attached hydrogens (tertiary/aromatic N) is 1. The van der Waals surface area contributed by atoms with Gasteiger partial charge in [-0.25, -0.2) is 8.78 Å². The molecule has 1 heterocycles. The second kappa shape index (κ2) is 6.30. The van der Waals surface area contributed by atoms with Crippen molar-refractivity contribution in [1.29, 1.82) is 0 Å². The molecule has 1 unspecified atom stereocenters. The number of nitrogens with two attached hydrogens (primary N) is 1. The number of likely N-dealkylation sites (tertiary alicyclic amines) is 1. The van der Waals surface area contributed by atoms with Crippen LogP contribution in [0.25, 0.3) is 0 Å². The lowest BCUT2D eigenvalue weighted by Gasteiger charge is -2.34. The third-order valence-corrected chi connectivity index (χ3v) is 4.05. The average Bonchev–Trinajstić information content (AvgIpc) is 2.48. The smallest absolute Gasteiger partial charge is 0.234 e. The van der Waals surface area contributed by atoms with Crippen LogP contribution >= 0.6 is 0 Å². The summed E-state index contributed by atoms with van der Waals surface area (Å²) in [5.41, 5.74) is 5.05. The second-order valence-electron chi connectivity index (χ2n) is 5.38. The van der Waals surface area contributed by atoms with Crippen LogP contribution in [-0.4, -0.2) is 35.7 Å². The van der Waals surface area contributed by atoms with E-state index in [4.69, 9.17) is 5.73 Å². The van der Waals surface area contributed by atoms with E-state index in [2.05, 4.69) is 0 Å². The van der Waals surface area contributed by atoms with E-state index < -0.39 is 17.5 Å². The van der Waals surface area contributed by atoms with Gasteiger partial charge in [0.2, 0.25) is 5.91 Å². The van der Waals surface area contributed by atoms with E-state index in [-0.39, 0.29) is 23.3 Å². The molecule has 1 amide bonds. The molecule has 2 N–H and O–H groups in total. The molecular formula is C15H18F2N2O2. The highest BCUT2D eigenvalue weighted by Gasteiger charge is 2.30. The van der Waals surface area contributed by atoms with E-state index in [0.29, 0.717) is 25.9 Å². The van der Waals surface area contributed by atoms with Crippen molar-refractivity contribution in [3.05, 3.63) is 35.4 Å². The maximum atomic E-state index is 13.6. The molecule has 0 radical (unpaired) electrons. The lowest BCUT2D eigenvalue weighted by molar-refractivity contribution is -0.123. The molecule has 2 rings (SSSR count). The SMILES string of the molecule is CC(C(N)=O)N1CCC(C(=O)c2cc(F)ccc2F)CC1.